The summed E-state index contributed by atoms with van der Waals surface area (Å²) in [6.07, 6.45) is 10.3. The Hall–Kier alpha value is 0.558. The minimum atomic E-state index is -1.48. The van der Waals surface area contributed by atoms with Crippen molar-refractivity contribution in [2.24, 2.45) is 5.92 Å². The minimum absolute atomic E-state index is 0.917. The van der Waals surface area contributed by atoms with Gasteiger partial charge in [-0.15, -0.1) is 0 Å². The average molecular weight is 318 g/mol. The first-order chi connectivity index (χ1) is 8.60. The molecule has 0 saturated heterocycles. The molecule has 18 heavy (non-hydrogen) atoms. The summed E-state index contributed by atoms with van der Waals surface area (Å²) in [6, 6.07) is 0. The van der Waals surface area contributed by atoms with Gasteiger partial charge in [-0.05, 0) is 0 Å². The van der Waals surface area contributed by atoms with Crippen LogP contribution in [0.5, 0.6) is 0 Å². The van der Waals surface area contributed by atoms with Gasteiger partial charge in [0.1, 0.15) is 0 Å². The fourth-order valence-electron chi connectivity index (χ4n) is 3.00. The second-order valence-corrected chi connectivity index (χ2v) is 17.2. The Labute approximate surface area is 120 Å². The van der Waals surface area contributed by atoms with E-state index in [1.54, 1.807) is 20.8 Å². The summed E-state index contributed by atoms with van der Waals surface area (Å²) in [5, 5.41) is 6.67. The van der Waals surface area contributed by atoms with E-state index in [4.69, 9.17) is 0 Å². The molecule has 0 saturated carbocycles. The van der Waals surface area contributed by atoms with Gasteiger partial charge in [0.05, 0.1) is 0 Å². The third kappa shape index (κ3) is 8.62. The van der Waals surface area contributed by atoms with E-state index >= 15 is 0 Å². The van der Waals surface area contributed by atoms with Gasteiger partial charge in [-0.1, -0.05) is 0 Å². The van der Waals surface area contributed by atoms with Crippen molar-refractivity contribution in [2.75, 3.05) is 0 Å². The monoisotopic (exact) mass is 318 g/mol. The summed E-state index contributed by atoms with van der Waals surface area (Å²) in [5.74, 6) is 0.917. The molecule has 0 fully saturated rings. The maximum atomic E-state index is 2.41. The van der Waals surface area contributed by atoms with Crippen LogP contribution in [-0.2, 0) is 0 Å². The molecule has 0 unspecified atom stereocenters. The molecule has 0 bridgehead atoms. The quantitative estimate of drug-likeness (QED) is 0.355. The molecule has 0 amide bonds. The van der Waals surface area contributed by atoms with Crippen LogP contribution in [0.1, 0.15) is 79.6 Å². The van der Waals surface area contributed by atoms with Crippen LogP contribution in [0, 0.1) is 5.92 Å². The Bertz CT molecular complexity index is 153. The summed E-state index contributed by atoms with van der Waals surface area (Å²) in [6.45, 7) is 11.9. The standard InChI is InChI=1S/C17H39As/c1-6-9-13-18(14-10-7-2,15-11-8-3)16-12-17(4)5/h17-18H,6-16H2,1-5H3. The number of unbranched alkanes of at least 4 members (excludes halogenated alkanes) is 3. The molecule has 0 nitrogen and oxygen atoms in total. The van der Waals surface area contributed by atoms with Crippen molar-refractivity contribution in [1.82, 2.24) is 0 Å². The van der Waals surface area contributed by atoms with Crippen molar-refractivity contribution in [3.63, 3.8) is 0 Å². The zero-order valence-electron chi connectivity index (χ0n) is 13.9. The molecule has 0 aromatic carbocycles. The number of hydrogen-bond acceptors (Lipinski definition) is 0. The molecule has 0 spiro atoms. The summed E-state index contributed by atoms with van der Waals surface area (Å²) in [5.41, 5.74) is 0. The topological polar surface area (TPSA) is 0 Å². The fraction of sp³-hybridized carbons (Fsp3) is 1.00. The first kappa shape index (κ1) is 18.6. The first-order valence-corrected chi connectivity index (χ1v) is 14.5. The van der Waals surface area contributed by atoms with Gasteiger partial charge in [0.15, 0.2) is 0 Å². The molecular formula is C17H39As. The first-order valence-electron chi connectivity index (χ1n) is 8.60. The molecule has 0 aliphatic carbocycles. The van der Waals surface area contributed by atoms with Gasteiger partial charge in [0.25, 0.3) is 0 Å². The van der Waals surface area contributed by atoms with E-state index < -0.39 is 13.6 Å². The predicted molar refractivity (Wildman–Crippen MR) is 90.6 cm³/mol. The summed E-state index contributed by atoms with van der Waals surface area (Å²) in [4.78, 5) is 0. The SMILES string of the molecule is CCCC[AsH](CCCC)(CCCC)CCC(C)C. The third-order valence-electron chi connectivity index (χ3n) is 4.43. The van der Waals surface area contributed by atoms with Gasteiger partial charge >= 0.3 is 120 Å². The zero-order valence-corrected chi connectivity index (χ0v) is 16.0. The van der Waals surface area contributed by atoms with Gasteiger partial charge in [-0.3, -0.25) is 0 Å². The molecule has 112 valence electrons. The van der Waals surface area contributed by atoms with Crippen molar-refractivity contribution in [2.45, 2.75) is 100 Å². The predicted octanol–water partition coefficient (Wildman–Crippen LogP) is 6.61. The molecule has 0 rings (SSSR count). The van der Waals surface area contributed by atoms with Gasteiger partial charge in [-0.2, -0.15) is 0 Å². The van der Waals surface area contributed by atoms with Gasteiger partial charge < -0.3 is 0 Å². The fourth-order valence-corrected chi connectivity index (χ4v) is 15.6. The molecule has 0 atom stereocenters. The summed E-state index contributed by atoms with van der Waals surface area (Å²) >= 11 is -1.48. The molecule has 0 radical (unpaired) electrons. The van der Waals surface area contributed by atoms with Crippen LogP contribution in [0.3, 0.4) is 0 Å². The van der Waals surface area contributed by atoms with Gasteiger partial charge in [-0.25, -0.2) is 0 Å². The van der Waals surface area contributed by atoms with Gasteiger partial charge in [0.2, 0.25) is 0 Å². The Balaban J connectivity index is 4.51. The number of rotatable bonds is 12. The van der Waals surface area contributed by atoms with E-state index in [2.05, 4.69) is 34.6 Å². The van der Waals surface area contributed by atoms with Crippen LogP contribution in [0.15, 0.2) is 0 Å². The van der Waals surface area contributed by atoms with E-state index in [1.807, 2.05) is 0 Å². The third-order valence-corrected chi connectivity index (χ3v) is 16.2. The Morgan fingerprint density at radius 3 is 1.33 bits per heavy atom. The van der Waals surface area contributed by atoms with E-state index in [1.165, 1.54) is 44.9 Å². The zero-order chi connectivity index (χ0) is 13.9. The molecule has 1 heteroatoms. The Morgan fingerprint density at radius 2 is 1.06 bits per heavy atom. The molecule has 0 N–H and O–H groups in total. The molecular weight excluding hydrogens is 279 g/mol. The second kappa shape index (κ2) is 11.4. The molecule has 0 aromatic rings. The number of hydrogen-bond donors (Lipinski definition) is 0. The van der Waals surface area contributed by atoms with Gasteiger partial charge in [0, 0.05) is 0 Å². The van der Waals surface area contributed by atoms with Crippen LogP contribution in [0.25, 0.3) is 0 Å². The maximum absolute atomic E-state index is 2.41. The van der Waals surface area contributed by atoms with Crippen LogP contribution >= 0.6 is 0 Å². The van der Waals surface area contributed by atoms with Crippen molar-refractivity contribution in [1.29, 1.82) is 0 Å². The second-order valence-electron chi connectivity index (χ2n) is 6.74. The van der Waals surface area contributed by atoms with Crippen LogP contribution in [0.2, 0.25) is 20.8 Å². The van der Waals surface area contributed by atoms with Crippen LogP contribution in [0.4, 0.5) is 0 Å². The van der Waals surface area contributed by atoms with E-state index in [9.17, 15) is 0 Å². The van der Waals surface area contributed by atoms with E-state index in [-0.39, 0.29) is 0 Å². The normalized spacial score (nSPS) is 13.2. The summed E-state index contributed by atoms with van der Waals surface area (Å²) in [7, 11) is 0. The summed E-state index contributed by atoms with van der Waals surface area (Å²) < 4.78 is 0. The van der Waals surface area contributed by atoms with Crippen molar-refractivity contribution < 1.29 is 0 Å². The Morgan fingerprint density at radius 1 is 0.667 bits per heavy atom. The van der Waals surface area contributed by atoms with Crippen LogP contribution in [-0.4, -0.2) is 13.6 Å². The van der Waals surface area contributed by atoms with E-state index in [0.29, 0.717) is 0 Å². The molecule has 0 aliphatic heterocycles. The average Bonchev–Trinajstić information content (AvgIpc) is 2.37. The van der Waals surface area contributed by atoms with Crippen LogP contribution < -0.4 is 0 Å². The van der Waals surface area contributed by atoms with Crippen molar-refractivity contribution in [3.8, 4) is 0 Å². The van der Waals surface area contributed by atoms with Crippen molar-refractivity contribution >= 4 is 13.6 Å². The Kier molecular flexibility index (Phi) is 11.7. The van der Waals surface area contributed by atoms with Crippen molar-refractivity contribution in [3.05, 3.63) is 0 Å². The molecule has 0 heterocycles. The molecule has 0 aliphatic rings. The molecule has 0 aromatic heterocycles. The van der Waals surface area contributed by atoms with E-state index in [0.717, 1.165) is 5.92 Å².